The first-order valence-corrected chi connectivity index (χ1v) is 30.0. The van der Waals surface area contributed by atoms with Crippen LogP contribution in [0.4, 0.5) is 0 Å². The first kappa shape index (κ1) is 68.7. The zero-order chi connectivity index (χ0) is 50.8. The quantitative estimate of drug-likeness (QED) is 0.0257. The molecule has 0 aliphatic heterocycles. The minimum atomic E-state index is -0.760. The Morgan fingerprint density at radius 3 is 0.725 bits per heavy atom. The maximum Gasteiger partial charge on any atom is 0.329 e. The monoisotopic (exact) mass is 977 g/mol. The number of carbonyl (C=O) groups excluding carboxylic acids is 4. The Hall–Kier alpha value is -2.38. The molecule has 8 nitrogen and oxygen atoms in total. The molecule has 8 heteroatoms. The van der Waals surface area contributed by atoms with Crippen LogP contribution in [-0.2, 0) is 38.1 Å². The lowest BCUT2D eigenvalue weighted by atomic mass is 10.0. The largest absolute Gasteiger partial charge is 0.466 e. The summed E-state index contributed by atoms with van der Waals surface area (Å²) < 4.78 is 21.0. The van der Waals surface area contributed by atoms with E-state index >= 15 is 0 Å². The van der Waals surface area contributed by atoms with E-state index in [0.717, 1.165) is 63.9 Å². The second-order valence-corrected chi connectivity index (χ2v) is 20.3. The molecule has 0 saturated heterocycles. The second-order valence-electron chi connectivity index (χ2n) is 20.3. The fourth-order valence-corrected chi connectivity index (χ4v) is 8.88. The van der Waals surface area contributed by atoms with E-state index in [9.17, 15) is 19.2 Å². The van der Waals surface area contributed by atoms with E-state index in [4.69, 9.17) is 14.2 Å². The highest BCUT2D eigenvalue weighted by atomic mass is 16.6. The summed E-state index contributed by atoms with van der Waals surface area (Å²) >= 11 is 0. The fourth-order valence-electron chi connectivity index (χ4n) is 8.88. The summed E-state index contributed by atoms with van der Waals surface area (Å²) in [5.74, 6) is -1.23. The highest BCUT2D eigenvalue weighted by molar-refractivity contribution is 5.80. The molecule has 0 spiro atoms. The normalized spacial score (nSPS) is 11.0. The lowest BCUT2D eigenvalue weighted by Crippen LogP contribution is -2.30. The average Bonchev–Trinajstić information content (AvgIpc) is 3.35. The van der Waals surface area contributed by atoms with E-state index in [2.05, 4.69) is 32.1 Å². The van der Waals surface area contributed by atoms with Gasteiger partial charge in [-0.15, -0.1) is 0 Å². The van der Waals surface area contributed by atoms with E-state index in [-0.39, 0.29) is 31.1 Å². The Balaban J connectivity index is 0. The number of esters is 4. The second kappa shape index (κ2) is 59.9. The van der Waals surface area contributed by atoms with Crippen molar-refractivity contribution in [2.45, 2.75) is 335 Å². The van der Waals surface area contributed by atoms with Crippen molar-refractivity contribution in [1.82, 2.24) is 0 Å². The summed E-state index contributed by atoms with van der Waals surface area (Å²) in [5, 5.41) is 0. The van der Waals surface area contributed by atoms with Gasteiger partial charge in [-0.3, -0.25) is 14.4 Å². The molecular weight excluding hydrogens is 861 g/mol. The molecule has 0 bridgehead atoms. The van der Waals surface area contributed by atoms with Crippen molar-refractivity contribution in [1.29, 1.82) is 0 Å². The van der Waals surface area contributed by atoms with Gasteiger partial charge in [0, 0.05) is 25.3 Å². The Labute approximate surface area is 428 Å². The van der Waals surface area contributed by atoms with Crippen LogP contribution in [0.15, 0.2) is 12.7 Å². The summed E-state index contributed by atoms with van der Waals surface area (Å²) in [7, 11) is 1.31. The van der Waals surface area contributed by atoms with Crippen LogP contribution in [0.2, 0.25) is 0 Å². The molecule has 408 valence electrons. The number of unbranched alkanes of at least 4 members (excludes halogenated alkanes) is 42. The van der Waals surface area contributed by atoms with Gasteiger partial charge in [0.1, 0.15) is 13.2 Å². The summed E-state index contributed by atoms with van der Waals surface area (Å²) in [6, 6.07) is 0. The van der Waals surface area contributed by atoms with Gasteiger partial charge in [0.05, 0.1) is 7.11 Å². The lowest BCUT2D eigenvalue weighted by Gasteiger charge is -2.18. The summed E-state index contributed by atoms with van der Waals surface area (Å²) in [6.07, 6.45) is 59.1. The maximum absolute atomic E-state index is 12.8. The van der Waals surface area contributed by atoms with Gasteiger partial charge in [0.25, 0.3) is 0 Å². The van der Waals surface area contributed by atoms with Crippen LogP contribution in [0.25, 0.3) is 0 Å². The van der Waals surface area contributed by atoms with Gasteiger partial charge in [0.2, 0.25) is 0 Å². The van der Waals surface area contributed by atoms with Crippen molar-refractivity contribution in [3.05, 3.63) is 12.7 Å². The van der Waals surface area contributed by atoms with Crippen LogP contribution in [0.1, 0.15) is 329 Å². The highest BCUT2D eigenvalue weighted by Gasteiger charge is 2.19. The molecule has 0 radical (unpaired) electrons. The Bertz CT molecular complexity index is 1040. The van der Waals surface area contributed by atoms with E-state index in [1.165, 1.54) is 238 Å². The third-order valence-corrected chi connectivity index (χ3v) is 13.5. The van der Waals surface area contributed by atoms with Crippen LogP contribution in [-0.4, -0.2) is 50.3 Å². The van der Waals surface area contributed by atoms with Gasteiger partial charge >= 0.3 is 23.9 Å². The van der Waals surface area contributed by atoms with Crippen molar-refractivity contribution in [2.24, 2.45) is 0 Å². The first-order valence-electron chi connectivity index (χ1n) is 30.0. The third kappa shape index (κ3) is 59.8. The van der Waals surface area contributed by atoms with Crippen molar-refractivity contribution >= 4 is 23.9 Å². The smallest absolute Gasteiger partial charge is 0.329 e. The van der Waals surface area contributed by atoms with Crippen LogP contribution in [0, 0.1) is 0 Å². The van der Waals surface area contributed by atoms with Crippen molar-refractivity contribution < 1.29 is 38.1 Å². The topological polar surface area (TPSA) is 105 Å². The lowest BCUT2D eigenvalue weighted by molar-refractivity contribution is -0.167. The Morgan fingerprint density at radius 2 is 0.536 bits per heavy atom. The van der Waals surface area contributed by atoms with E-state index < -0.39 is 12.1 Å². The predicted octanol–water partition coefficient (Wildman–Crippen LogP) is 19.1. The molecule has 0 aromatic carbocycles. The molecule has 0 unspecified atom stereocenters. The van der Waals surface area contributed by atoms with Crippen LogP contribution < -0.4 is 0 Å². The van der Waals surface area contributed by atoms with Crippen LogP contribution >= 0.6 is 0 Å². The number of carbonyl (C=O) groups is 4. The average molecular weight is 978 g/mol. The van der Waals surface area contributed by atoms with Crippen molar-refractivity contribution in [3.63, 3.8) is 0 Å². The maximum atomic E-state index is 12.8. The van der Waals surface area contributed by atoms with Crippen molar-refractivity contribution in [2.75, 3.05) is 20.3 Å². The molecule has 69 heavy (non-hydrogen) atoms. The number of ether oxygens (including phenoxy) is 4. The molecule has 0 aliphatic rings. The molecule has 0 aromatic heterocycles. The zero-order valence-electron chi connectivity index (χ0n) is 46.5. The molecule has 0 aliphatic carbocycles. The molecule has 0 N–H and O–H groups in total. The Kier molecular flexibility index (Phi) is 59.7. The van der Waals surface area contributed by atoms with E-state index in [1.54, 1.807) is 0 Å². The molecule has 0 rings (SSSR count). The Morgan fingerprint density at radius 1 is 0.333 bits per heavy atom. The van der Waals surface area contributed by atoms with Gasteiger partial charge < -0.3 is 18.9 Å². The van der Waals surface area contributed by atoms with Gasteiger partial charge in [-0.2, -0.15) is 0 Å². The molecule has 0 heterocycles. The molecular formula is C61H116O8. The van der Waals surface area contributed by atoms with Crippen LogP contribution in [0.5, 0.6) is 0 Å². The molecule has 0 aromatic rings. The van der Waals surface area contributed by atoms with Crippen molar-refractivity contribution in [3.8, 4) is 0 Å². The molecule has 0 saturated carbocycles. The zero-order valence-corrected chi connectivity index (χ0v) is 46.5. The number of methoxy groups -OCH3 is 1. The highest BCUT2D eigenvalue weighted by Crippen LogP contribution is 2.18. The van der Waals surface area contributed by atoms with E-state index in [0.29, 0.717) is 19.3 Å². The molecule has 0 fully saturated rings. The van der Waals surface area contributed by atoms with Gasteiger partial charge in [-0.05, 0) is 19.3 Å². The standard InChI is InChI=1S/C57H110O6.C4H6O2/c1-4-7-10-13-16-19-22-25-28-31-34-37-40-43-46-49-55(58)61-52-54(63-57(60)51-48-45-42-39-36-33-30-27-24-21-18-15-12-9-6-3)53-62-56(59)50-47-44-41-38-35-32-29-26-23-20-17-14-11-8-5-2;1-3-4(5)6-2/h54H,4-53H2,1-3H3;3H,1H2,2H3. The number of rotatable bonds is 54. The third-order valence-electron chi connectivity index (χ3n) is 13.5. The summed E-state index contributed by atoms with van der Waals surface area (Å²) in [4.78, 5) is 47.9. The van der Waals surface area contributed by atoms with Gasteiger partial charge in [-0.1, -0.05) is 297 Å². The molecule has 0 amide bonds. The number of hydrogen-bond acceptors (Lipinski definition) is 8. The first-order chi connectivity index (χ1) is 33.8. The van der Waals surface area contributed by atoms with Gasteiger partial charge in [-0.25, -0.2) is 4.79 Å². The van der Waals surface area contributed by atoms with Gasteiger partial charge in [0.15, 0.2) is 6.10 Å². The summed E-state index contributed by atoms with van der Waals surface area (Å²) in [5.41, 5.74) is 0. The predicted molar refractivity (Wildman–Crippen MR) is 293 cm³/mol. The molecule has 0 atom stereocenters. The van der Waals surface area contributed by atoms with E-state index in [1.807, 2.05) is 0 Å². The SMILES string of the molecule is C=CC(=O)OC.CCCCCCCCCCCCCCCCCC(=O)OCC(COC(=O)CCCCCCCCCCCCCCCCC)OC(=O)CCCCCCCCCCCCCCCCC. The summed E-state index contributed by atoms with van der Waals surface area (Å²) in [6.45, 7) is 9.86. The fraction of sp³-hybridized carbons (Fsp3) is 0.902. The number of hydrogen-bond donors (Lipinski definition) is 0. The van der Waals surface area contributed by atoms with Crippen LogP contribution in [0.3, 0.4) is 0 Å². The minimum absolute atomic E-state index is 0.0611. The minimum Gasteiger partial charge on any atom is -0.466 e.